The number of carbonyl (C=O) groups is 11. The van der Waals surface area contributed by atoms with Crippen LogP contribution in [0.3, 0.4) is 0 Å². The molecule has 22 nitrogen and oxygen atoms in total. The Morgan fingerprint density at radius 1 is 0.574 bits per heavy atom. The van der Waals surface area contributed by atoms with Crippen LogP contribution in [0.15, 0.2) is 48.5 Å². The Balaban J connectivity index is 1.84. The number of hydrogen-bond donors (Lipinski definition) is 4. The van der Waals surface area contributed by atoms with Gasteiger partial charge in [-0.1, -0.05) is 116 Å². The summed E-state index contributed by atoms with van der Waals surface area (Å²) in [4.78, 5) is 168. The first-order valence-electron chi connectivity index (χ1n) is 32.7. The van der Waals surface area contributed by atoms with Crippen molar-refractivity contribution < 1.29 is 65.9 Å². The van der Waals surface area contributed by atoms with Gasteiger partial charge in [-0.2, -0.15) is 13.2 Å². The van der Waals surface area contributed by atoms with Crippen LogP contribution in [0, 0.1) is 23.7 Å². The molecular weight excluding hydrogens is 1240 g/mol. The van der Waals surface area contributed by atoms with Gasteiger partial charge in [-0.3, -0.25) is 52.7 Å². The number of rotatable bonds is 13. The van der Waals surface area contributed by atoms with Gasteiger partial charge in [-0.25, -0.2) is 0 Å². The van der Waals surface area contributed by atoms with Crippen molar-refractivity contribution >= 4 is 76.6 Å². The lowest BCUT2D eigenvalue weighted by Crippen LogP contribution is -2.63. The number of likely N-dealkylation sites (N-methyl/N-ethyl adjacent to an activating group) is 7. The molecule has 0 aromatic heterocycles. The number of nitrogens with zero attached hydrogens (tertiary/aromatic N) is 7. The maximum atomic E-state index is 15.0. The number of amides is 11. The molecule has 1 aliphatic heterocycles. The van der Waals surface area contributed by atoms with Gasteiger partial charge in [0.1, 0.15) is 41.8 Å². The third-order valence-corrected chi connectivity index (χ3v) is 18.3. The molecule has 1 saturated carbocycles. The Kier molecular flexibility index (Phi) is 29.8. The van der Waals surface area contributed by atoms with Crippen LogP contribution in [0.1, 0.15) is 150 Å². The summed E-state index contributed by atoms with van der Waals surface area (Å²) in [6.45, 7) is 13.7. The molecule has 1 saturated heterocycles. The van der Waals surface area contributed by atoms with Crippen LogP contribution < -0.4 is 21.3 Å². The fraction of sp³-hybridized carbons (Fsp3) is 0.662. The summed E-state index contributed by atoms with van der Waals surface area (Å²) >= 11 is 6.22. The first-order valence-corrected chi connectivity index (χ1v) is 33.1. The Bertz CT molecular complexity index is 2960. The molecule has 2 fully saturated rings. The van der Waals surface area contributed by atoms with Gasteiger partial charge in [0.15, 0.2) is 0 Å². The van der Waals surface area contributed by atoms with Gasteiger partial charge in [0, 0.05) is 73.2 Å². The van der Waals surface area contributed by atoms with E-state index in [1.54, 1.807) is 38.1 Å². The summed E-state index contributed by atoms with van der Waals surface area (Å²) in [6, 6.07) is 2.57. The number of alkyl halides is 3. The smallest absolute Gasteiger partial charge is 0.351 e. The van der Waals surface area contributed by atoms with Gasteiger partial charge in [-0.15, -0.1) is 0 Å². The predicted molar refractivity (Wildman–Crippen MR) is 352 cm³/mol. The molecule has 0 bridgehead atoms. The molecule has 0 spiro atoms. The molecule has 4 rings (SSSR count). The number of nitrogens with one attached hydrogen (secondary N) is 4. The molecule has 0 unspecified atom stereocenters. The average molecular weight is 1340 g/mol. The zero-order valence-electron chi connectivity index (χ0n) is 57.9. The number of benzene rings is 2. The summed E-state index contributed by atoms with van der Waals surface area (Å²) in [5, 5.41) is 11.7. The van der Waals surface area contributed by atoms with Crippen molar-refractivity contribution in [2.75, 3.05) is 69.0 Å². The molecule has 2 aromatic carbocycles. The van der Waals surface area contributed by atoms with Crippen LogP contribution in [0.2, 0.25) is 5.02 Å². The van der Waals surface area contributed by atoms with E-state index in [0.717, 1.165) is 68.7 Å². The van der Waals surface area contributed by atoms with Crippen LogP contribution >= 0.6 is 11.6 Å². The number of aryl methyl sites for hydroxylation is 1. The lowest BCUT2D eigenvalue weighted by Gasteiger charge is -2.38. The van der Waals surface area contributed by atoms with Gasteiger partial charge >= 0.3 is 6.18 Å². The normalized spacial score (nSPS) is 24.4. The molecule has 1 heterocycles. The molecule has 11 amide bonds. The molecule has 94 heavy (non-hydrogen) atoms. The minimum atomic E-state index is -4.63. The minimum Gasteiger partial charge on any atom is -0.351 e. The van der Waals surface area contributed by atoms with Crippen molar-refractivity contribution in [3.63, 3.8) is 0 Å². The van der Waals surface area contributed by atoms with Crippen LogP contribution in [-0.4, -0.2) is 216 Å². The predicted octanol–water partition coefficient (Wildman–Crippen LogP) is 6.10. The van der Waals surface area contributed by atoms with E-state index in [4.69, 9.17) is 11.6 Å². The third-order valence-electron chi connectivity index (χ3n) is 18.1. The van der Waals surface area contributed by atoms with E-state index < -0.39 is 150 Å². The molecular formula is C68H103ClF3N11O11. The topological polar surface area (TPSA) is 259 Å². The maximum Gasteiger partial charge on any atom is 0.416 e. The number of halogens is 4. The number of hydrogen-bond acceptors (Lipinski definition) is 11. The minimum absolute atomic E-state index is 0.0408. The van der Waals surface area contributed by atoms with E-state index in [9.17, 15) is 65.9 Å². The van der Waals surface area contributed by atoms with E-state index in [1.807, 2.05) is 34.6 Å². The van der Waals surface area contributed by atoms with Crippen LogP contribution in [0.4, 0.5) is 13.2 Å². The molecule has 2 aliphatic rings. The van der Waals surface area contributed by atoms with E-state index in [2.05, 4.69) is 21.3 Å². The largest absolute Gasteiger partial charge is 0.416 e. The third kappa shape index (κ3) is 23.0. The van der Waals surface area contributed by atoms with Crippen molar-refractivity contribution in [1.82, 2.24) is 55.6 Å². The highest BCUT2D eigenvalue weighted by atomic mass is 35.5. The fourth-order valence-corrected chi connectivity index (χ4v) is 12.1. The van der Waals surface area contributed by atoms with Crippen LogP contribution in [-0.2, 0) is 71.8 Å². The van der Waals surface area contributed by atoms with Gasteiger partial charge in [0.05, 0.1) is 25.2 Å². The summed E-state index contributed by atoms with van der Waals surface area (Å²) in [7, 11) is 9.70. The summed E-state index contributed by atoms with van der Waals surface area (Å²) < 4.78 is 40.9. The second-order valence-corrected chi connectivity index (χ2v) is 27.8. The summed E-state index contributed by atoms with van der Waals surface area (Å²) in [6.07, 6.45) is 0.291. The molecule has 26 heteroatoms. The first kappa shape index (κ1) is 79.1. The monoisotopic (exact) mass is 1340 g/mol. The standard InChI is InChI=1S/C68H103ClF3N11O11/c1-17-43(6)59-65(93)79(12)39-57(86)77(10)40-58(87)81(14)54(37-47-25-30-49(69)31-26-47)64(92)78(11)38-55(84)74-50(32-27-45-23-28-48(29-24-45)68(70,71)72)63(91)82(15)52(34-42(4)5)62(90)76-67(8,9)66(94)83(16)51(33-41(2)3)60(88)73-44(7)35-56(85)80(13)53(61(89)75-59)36-46-21-19-18-20-22-46/h23-26,28-31,41-44,46,50-54,59H,17-22,27,32-40H2,1-16H3,(H,73,88)(H,74,84)(H,75,89)(H,76,90)/t43-,44+,50-,51-,52-,53-,54-,59-/m0/s1. The van der Waals surface area contributed by atoms with Crippen molar-refractivity contribution in [3.05, 3.63) is 70.2 Å². The van der Waals surface area contributed by atoms with Gasteiger partial charge < -0.3 is 55.6 Å². The quantitative estimate of drug-likeness (QED) is 0.178. The van der Waals surface area contributed by atoms with Crippen molar-refractivity contribution in [2.24, 2.45) is 23.7 Å². The lowest BCUT2D eigenvalue weighted by atomic mass is 9.84. The zero-order chi connectivity index (χ0) is 70.9. The Labute approximate surface area is 558 Å². The van der Waals surface area contributed by atoms with Gasteiger partial charge in [0.25, 0.3) is 0 Å². The van der Waals surface area contributed by atoms with Crippen molar-refractivity contribution in [2.45, 2.75) is 200 Å². The highest BCUT2D eigenvalue weighted by molar-refractivity contribution is 6.30. The molecule has 8 atom stereocenters. The Morgan fingerprint density at radius 2 is 1.10 bits per heavy atom. The second-order valence-electron chi connectivity index (χ2n) is 27.4. The fourth-order valence-electron chi connectivity index (χ4n) is 11.9. The van der Waals surface area contributed by atoms with Crippen molar-refractivity contribution in [1.29, 1.82) is 0 Å². The average Bonchev–Trinajstić information content (AvgIpc) is 0.837. The molecule has 1 aliphatic carbocycles. The first-order chi connectivity index (χ1) is 43.8. The van der Waals surface area contributed by atoms with E-state index in [-0.39, 0.29) is 56.3 Å². The molecule has 0 radical (unpaired) electrons. The number of carbonyl (C=O) groups excluding carboxylic acids is 11. The maximum absolute atomic E-state index is 15.0. The SMILES string of the molecule is CC[C@H](C)[C@@H]1NC(=O)[C@H](CC2CCCCC2)N(C)C(=O)C[C@@H](C)NC(=O)[C@H](CC(C)C)N(C)C(=O)C(C)(C)NC(=O)[C@H](CC(C)C)N(C)C(=O)[C@H](CCc2ccc(C(F)(F)F)cc2)NC(=O)CN(C)C(=O)[C@H](Cc2ccc(Cl)cc2)N(C)C(=O)CN(C)C(=O)CN(C)C1=O. The Hall–Kier alpha value is -7.31. The van der Waals surface area contributed by atoms with E-state index >= 15 is 0 Å². The van der Waals surface area contributed by atoms with Gasteiger partial charge in [-0.05, 0) is 112 Å². The molecule has 2 aromatic rings. The lowest BCUT2D eigenvalue weighted by molar-refractivity contribution is -0.149. The Morgan fingerprint density at radius 3 is 1.65 bits per heavy atom. The second kappa shape index (κ2) is 35.4. The molecule has 524 valence electrons. The zero-order valence-corrected chi connectivity index (χ0v) is 58.7. The highest BCUT2D eigenvalue weighted by Gasteiger charge is 2.43. The summed E-state index contributed by atoms with van der Waals surface area (Å²) in [5.74, 6) is -8.21. The van der Waals surface area contributed by atoms with E-state index in [0.29, 0.717) is 29.0 Å². The van der Waals surface area contributed by atoms with E-state index in [1.165, 1.54) is 85.1 Å². The van der Waals surface area contributed by atoms with Crippen LogP contribution in [0.25, 0.3) is 0 Å². The molecule has 4 N–H and O–H groups in total. The van der Waals surface area contributed by atoms with Crippen molar-refractivity contribution in [3.8, 4) is 0 Å². The highest BCUT2D eigenvalue weighted by Crippen LogP contribution is 2.31. The summed E-state index contributed by atoms with van der Waals surface area (Å²) in [5.41, 5.74) is -1.69. The van der Waals surface area contributed by atoms with Gasteiger partial charge in [0.2, 0.25) is 65.0 Å². The van der Waals surface area contributed by atoms with Crippen LogP contribution in [0.5, 0.6) is 0 Å².